The summed E-state index contributed by atoms with van der Waals surface area (Å²) in [6.07, 6.45) is 2.06. The first-order valence-electron chi connectivity index (χ1n) is 9.33. The fourth-order valence-corrected chi connectivity index (χ4v) is 3.01. The number of halogens is 1. The minimum Gasteiger partial charge on any atom is -0.489 e. The van der Waals surface area contributed by atoms with Gasteiger partial charge in [0.05, 0.1) is 6.54 Å². The molecular weight excluding hydrogens is 361 g/mol. The molecular formula is C21H24FN3O3. The van der Waals surface area contributed by atoms with Gasteiger partial charge < -0.3 is 19.9 Å². The van der Waals surface area contributed by atoms with E-state index in [4.69, 9.17) is 4.74 Å². The van der Waals surface area contributed by atoms with Crippen LogP contribution in [0.15, 0.2) is 48.5 Å². The summed E-state index contributed by atoms with van der Waals surface area (Å²) in [5, 5.41) is 2.77. The van der Waals surface area contributed by atoms with Crippen LogP contribution in [0, 0.1) is 5.82 Å². The molecule has 148 valence electrons. The van der Waals surface area contributed by atoms with Gasteiger partial charge in [-0.1, -0.05) is 18.2 Å². The number of nitrogens with one attached hydrogen (secondary N) is 1. The Morgan fingerprint density at radius 2 is 1.89 bits per heavy atom. The van der Waals surface area contributed by atoms with E-state index in [1.165, 1.54) is 17.0 Å². The molecule has 0 saturated carbocycles. The van der Waals surface area contributed by atoms with E-state index in [1.807, 2.05) is 4.90 Å². The number of hydrogen-bond donors (Lipinski definition) is 1. The maximum atomic E-state index is 13.5. The second-order valence-corrected chi connectivity index (χ2v) is 6.71. The number of nitrogens with zero attached hydrogens (tertiary/aromatic N) is 2. The van der Waals surface area contributed by atoms with E-state index < -0.39 is 5.82 Å². The van der Waals surface area contributed by atoms with Gasteiger partial charge in [-0.15, -0.1) is 0 Å². The molecule has 0 aromatic heterocycles. The van der Waals surface area contributed by atoms with Gasteiger partial charge in [0.1, 0.15) is 6.61 Å². The van der Waals surface area contributed by atoms with Gasteiger partial charge in [-0.3, -0.25) is 4.79 Å². The van der Waals surface area contributed by atoms with Gasteiger partial charge in [-0.05, 0) is 43.2 Å². The number of carbonyl (C=O) groups is 2. The monoisotopic (exact) mass is 385 g/mol. The van der Waals surface area contributed by atoms with Crippen molar-refractivity contribution in [3.63, 3.8) is 0 Å². The Kier molecular flexibility index (Phi) is 6.47. The summed E-state index contributed by atoms with van der Waals surface area (Å²) in [6.45, 7) is 2.01. The van der Waals surface area contributed by atoms with Crippen LogP contribution in [0.4, 0.5) is 14.9 Å². The maximum absolute atomic E-state index is 13.5. The summed E-state index contributed by atoms with van der Waals surface area (Å²) in [5.41, 5.74) is 1.11. The number of benzene rings is 2. The van der Waals surface area contributed by atoms with E-state index >= 15 is 0 Å². The highest BCUT2D eigenvalue weighted by atomic mass is 19.1. The van der Waals surface area contributed by atoms with Crippen LogP contribution < -0.4 is 10.1 Å². The van der Waals surface area contributed by atoms with E-state index in [9.17, 15) is 14.0 Å². The van der Waals surface area contributed by atoms with Crippen molar-refractivity contribution < 1.29 is 18.7 Å². The average molecular weight is 385 g/mol. The molecule has 0 aliphatic carbocycles. The Labute approximate surface area is 163 Å². The molecule has 1 saturated heterocycles. The second kappa shape index (κ2) is 9.21. The minimum atomic E-state index is -0.436. The number of likely N-dealkylation sites (tertiary alicyclic amines) is 1. The molecule has 6 nitrogen and oxygen atoms in total. The summed E-state index contributed by atoms with van der Waals surface area (Å²) in [6, 6.07) is 12.7. The van der Waals surface area contributed by atoms with Crippen LogP contribution in [0.2, 0.25) is 0 Å². The number of amides is 3. The van der Waals surface area contributed by atoms with Crippen molar-refractivity contribution in [2.75, 3.05) is 38.6 Å². The van der Waals surface area contributed by atoms with Gasteiger partial charge in [0.15, 0.2) is 11.6 Å². The van der Waals surface area contributed by atoms with Gasteiger partial charge in [-0.2, -0.15) is 0 Å². The number of anilines is 1. The molecule has 0 bridgehead atoms. The number of urea groups is 1. The van der Waals surface area contributed by atoms with E-state index in [0.717, 1.165) is 25.9 Å². The number of hydrogen-bond acceptors (Lipinski definition) is 3. The Morgan fingerprint density at radius 3 is 2.64 bits per heavy atom. The predicted octanol–water partition coefficient (Wildman–Crippen LogP) is 3.60. The molecule has 1 fully saturated rings. The quantitative estimate of drug-likeness (QED) is 0.826. The lowest BCUT2D eigenvalue weighted by atomic mass is 10.2. The summed E-state index contributed by atoms with van der Waals surface area (Å²) in [5.74, 6) is -0.293. The highest BCUT2D eigenvalue weighted by Gasteiger charge is 2.20. The van der Waals surface area contributed by atoms with E-state index in [0.29, 0.717) is 11.3 Å². The summed E-state index contributed by atoms with van der Waals surface area (Å²) < 4.78 is 18.9. The molecule has 0 radical (unpaired) electrons. The minimum absolute atomic E-state index is 0.0137. The Morgan fingerprint density at radius 1 is 1.14 bits per heavy atom. The third-order valence-electron chi connectivity index (χ3n) is 4.62. The van der Waals surface area contributed by atoms with Crippen LogP contribution in [-0.4, -0.2) is 55.0 Å². The smallest absolute Gasteiger partial charge is 0.321 e. The van der Waals surface area contributed by atoms with Crippen molar-refractivity contribution in [2.24, 2.45) is 0 Å². The lowest BCUT2D eigenvalue weighted by Gasteiger charge is -2.19. The first kappa shape index (κ1) is 19.7. The van der Waals surface area contributed by atoms with Gasteiger partial charge in [0.25, 0.3) is 5.91 Å². The lowest BCUT2D eigenvalue weighted by molar-refractivity contribution is 0.0793. The molecule has 2 aromatic carbocycles. The topological polar surface area (TPSA) is 61.9 Å². The Bertz CT molecular complexity index is 837. The highest BCUT2D eigenvalue weighted by molar-refractivity contribution is 5.97. The standard InChI is InChI=1S/C21H24FN3O3/c1-24(13-14-28-19-10-3-2-9-18(19)22)21(27)23-17-8-6-7-16(15-17)20(26)25-11-4-5-12-25/h2-3,6-10,15H,4-5,11-14H2,1H3,(H,23,27). The SMILES string of the molecule is CN(CCOc1ccccc1F)C(=O)Nc1cccc(C(=O)N2CCCC2)c1. The van der Waals surface area contributed by atoms with E-state index in [-0.39, 0.29) is 30.8 Å². The van der Waals surface area contributed by atoms with Crippen LogP contribution in [0.25, 0.3) is 0 Å². The third-order valence-corrected chi connectivity index (χ3v) is 4.62. The zero-order valence-corrected chi connectivity index (χ0v) is 15.9. The fourth-order valence-electron chi connectivity index (χ4n) is 3.01. The van der Waals surface area contributed by atoms with E-state index in [2.05, 4.69) is 5.32 Å². The van der Waals surface area contributed by atoms with Crippen LogP contribution in [-0.2, 0) is 0 Å². The van der Waals surface area contributed by atoms with Crippen LogP contribution in [0.5, 0.6) is 5.75 Å². The lowest BCUT2D eigenvalue weighted by Crippen LogP contribution is -2.34. The predicted molar refractivity (Wildman–Crippen MR) is 105 cm³/mol. The molecule has 0 atom stereocenters. The number of likely N-dealkylation sites (N-methyl/N-ethyl adjacent to an activating group) is 1. The number of ether oxygens (including phenoxy) is 1. The molecule has 1 aliphatic heterocycles. The molecule has 3 amide bonds. The molecule has 1 N–H and O–H groups in total. The summed E-state index contributed by atoms with van der Waals surface area (Å²) in [4.78, 5) is 28.1. The van der Waals surface area contributed by atoms with Gasteiger partial charge >= 0.3 is 6.03 Å². The molecule has 0 spiro atoms. The zero-order valence-electron chi connectivity index (χ0n) is 15.9. The van der Waals surface area contributed by atoms with E-state index in [1.54, 1.807) is 43.4 Å². The Hall–Kier alpha value is -3.09. The zero-order chi connectivity index (χ0) is 19.9. The van der Waals surface area contributed by atoms with Crippen LogP contribution in [0.3, 0.4) is 0 Å². The molecule has 0 unspecified atom stereocenters. The summed E-state index contributed by atoms with van der Waals surface area (Å²) >= 11 is 0. The molecule has 7 heteroatoms. The summed E-state index contributed by atoms with van der Waals surface area (Å²) in [7, 11) is 1.62. The van der Waals surface area contributed by atoms with Crippen molar-refractivity contribution >= 4 is 17.6 Å². The van der Waals surface area contributed by atoms with Crippen LogP contribution >= 0.6 is 0 Å². The normalized spacial score (nSPS) is 13.3. The molecule has 2 aromatic rings. The largest absolute Gasteiger partial charge is 0.489 e. The van der Waals surface area contributed by atoms with Gasteiger partial charge in [-0.25, -0.2) is 9.18 Å². The molecule has 28 heavy (non-hydrogen) atoms. The fraction of sp³-hybridized carbons (Fsp3) is 0.333. The van der Waals surface area contributed by atoms with Crippen molar-refractivity contribution in [3.05, 3.63) is 59.9 Å². The van der Waals surface area contributed by atoms with Crippen molar-refractivity contribution in [1.82, 2.24) is 9.80 Å². The second-order valence-electron chi connectivity index (χ2n) is 6.71. The first-order chi connectivity index (χ1) is 13.5. The van der Waals surface area contributed by atoms with Crippen molar-refractivity contribution in [1.29, 1.82) is 0 Å². The van der Waals surface area contributed by atoms with Gasteiger partial charge in [0, 0.05) is 31.4 Å². The molecule has 1 aliphatic rings. The number of carbonyl (C=O) groups excluding carboxylic acids is 2. The Balaban J connectivity index is 1.51. The van der Waals surface area contributed by atoms with Gasteiger partial charge in [0.2, 0.25) is 0 Å². The highest BCUT2D eigenvalue weighted by Crippen LogP contribution is 2.17. The maximum Gasteiger partial charge on any atom is 0.321 e. The van der Waals surface area contributed by atoms with Crippen LogP contribution in [0.1, 0.15) is 23.2 Å². The molecule has 1 heterocycles. The first-order valence-corrected chi connectivity index (χ1v) is 9.33. The number of para-hydroxylation sites is 1. The number of rotatable bonds is 6. The average Bonchev–Trinajstić information content (AvgIpc) is 3.24. The van der Waals surface area contributed by atoms with Crippen molar-refractivity contribution in [3.8, 4) is 5.75 Å². The molecule has 3 rings (SSSR count). The third kappa shape index (κ3) is 5.00. The van der Waals surface area contributed by atoms with Crippen molar-refractivity contribution in [2.45, 2.75) is 12.8 Å².